The molecular weight excluding hydrogens is 424 g/mol. The molecule has 2 aliphatic rings. The van der Waals surface area contributed by atoms with Gasteiger partial charge in [0.2, 0.25) is 0 Å². The number of hydrogen-bond donors (Lipinski definition) is 0. The van der Waals surface area contributed by atoms with Crippen LogP contribution in [0.1, 0.15) is 59.8 Å². The molecule has 3 atom stereocenters. The van der Waals surface area contributed by atoms with Gasteiger partial charge in [0.15, 0.2) is 0 Å². The van der Waals surface area contributed by atoms with Crippen molar-refractivity contribution in [3.8, 4) is 0 Å². The summed E-state index contributed by atoms with van der Waals surface area (Å²) in [4.78, 5) is 11.9. The summed E-state index contributed by atoms with van der Waals surface area (Å²) in [7, 11) is -2.57. The Bertz CT molecular complexity index is 924. The number of fused-ring (bicyclic) bond motifs is 1. The number of hydrogen-bond acceptors (Lipinski definition) is 3. The molecule has 1 saturated carbocycles. The average molecular weight is 463 g/mol. The van der Waals surface area contributed by atoms with Crippen LogP contribution in [0.4, 0.5) is 0 Å². The van der Waals surface area contributed by atoms with E-state index in [1.807, 2.05) is 0 Å². The minimum absolute atomic E-state index is 0.0415. The van der Waals surface area contributed by atoms with Gasteiger partial charge < -0.3 is 9.16 Å². The summed E-state index contributed by atoms with van der Waals surface area (Å²) in [6.07, 6.45) is 9.84. The lowest BCUT2D eigenvalue weighted by Crippen LogP contribution is -2.66. The molecule has 1 unspecified atom stereocenters. The van der Waals surface area contributed by atoms with Gasteiger partial charge >= 0.3 is 5.97 Å². The van der Waals surface area contributed by atoms with E-state index in [2.05, 4.69) is 93.6 Å². The summed E-state index contributed by atoms with van der Waals surface area (Å²) >= 11 is 0. The summed E-state index contributed by atoms with van der Waals surface area (Å²) in [5, 5.41) is 2.57. The van der Waals surface area contributed by atoms with Crippen LogP contribution >= 0.6 is 0 Å². The number of esters is 1. The normalized spacial score (nSPS) is 25.0. The van der Waals surface area contributed by atoms with Crippen LogP contribution in [0.3, 0.4) is 0 Å². The standard InChI is InChI=1S/C29H38O3Si/c1-23(30)32-27-19-11-13-24-14-12-20-29(24,27)21-22-31-33(28(2,3)4,25-15-7-5-8-16-25)26-17-9-6-10-18-26/h5-10,12,15-18,20,24,27H,11,13-14,19,21-22H2,1-4H3/t24-,27?,29-/m1/s1. The maximum atomic E-state index is 11.9. The highest BCUT2D eigenvalue weighted by Gasteiger charge is 2.52. The maximum Gasteiger partial charge on any atom is 0.302 e. The quantitative estimate of drug-likeness (QED) is 0.304. The van der Waals surface area contributed by atoms with Gasteiger partial charge in [-0.25, -0.2) is 0 Å². The summed E-state index contributed by atoms with van der Waals surface area (Å²) < 4.78 is 13.1. The van der Waals surface area contributed by atoms with E-state index >= 15 is 0 Å². The van der Waals surface area contributed by atoms with E-state index in [-0.39, 0.29) is 22.5 Å². The lowest BCUT2D eigenvalue weighted by atomic mass is 9.64. The first-order valence-corrected chi connectivity index (χ1v) is 14.3. The SMILES string of the molecule is CC(=O)OC1CCC[C@@H]2CC=C[C@]12CCO[Si](c1ccccc1)(c1ccccc1)C(C)(C)C. The molecule has 0 bridgehead atoms. The molecule has 0 saturated heterocycles. The Morgan fingerprint density at radius 1 is 1.00 bits per heavy atom. The molecule has 4 heteroatoms. The molecule has 176 valence electrons. The lowest BCUT2D eigenvalue weighted by molar-refractivity contribution is -0.157. The third kappa shape index (κ3) is 4.48. The molecule has 0 aliphatic heterocycles. The first-order valence-electron chi connectivity index (χ1n) is 12.4. The monoisotopic (exact) mass is 462 g/mol. The predicted molar refractivity (Wildman–Crippen MR) is 137 cm³/mol. The predicted octanol–water partition coefficient (Wildman–Crippen LogP) is 5.63. The molecule has 33 heavy (non-hydrogen) atoms. The molecular formula is C29H38O3Si. The van der Waals surface area contributed by atoms with Crippen LogP contribution < -0.4 is 10.4 Å². The van der Waals surface area contributed by atoms with Gasteiger partial charge in [-0.3, -0.25) is 4.79 Å². The van der Waals surface area contributed by atoms with Crippen LogP contribution in [0.2, 0.25) is 5.04 Å². The molecule has 1 fully saturated rings. The van der Waals surface area contributed by atoms with Gasteiger partial charge in [0.25, 0.3) is 8.32 Å². The first kappa shape index (κ1) is 24.0. The number of ether oxygens (including phenoxy) is 1. The highest BCUT2D eigenvalue weighted by Crippen LogP contribution is 2.52. The molecule has 2 aliphatic carbocycles. The van der Waals surface area contributed by atoms with Crippen molar-refractivity contribution >= 4 is 24.7 Å². The van der Waals surface area contributed by atoms with E-state index in [0.29, 0.717) is 12.5 Å². The summed E-state index contributed by atoms with van der Waals surface area (Å²) in [5.74, 6) is 0.367. The molecule has 4 rings (SSSR count). The maximum absolute atomic E-state index is 11.9. The Hall–Kier alpha value is -2.17. The Kier molecular flexibility index (Phi) is 6.97. The summed E-state index contributed by atoms with van der Waals surface area (Å²) in [6.45, 7) is 9.15. The van der Waals surface area contributed by atoms with Gasteiger partial charge in [-0.15, -0.1) is 0 Å². The fourth-order valence-corrected chi connectivity index (χ4v) is 10.9. The number of carbonyl (C=O) groups is 1. The zero-order chi connectivity index (χ0) is 23.5. The third-order valence-electron chi connectivity index (χ3n) is 7.81. The van der Waals surface area contributed by atoms with Crippen molar-refractivity contribution in [2.24, 2.45) is 11.3 Å². The fraction of sp³-hybridized carbons (Fsp3) is 0.483. The van der Waals surface area contributed by atoms with Gasteiger partial charge in [-0.05, 0) is 53.4 Å². The summed E-state index contributed by atoms with van der Waals surface area (Å²) in [6, 6.07) is 21.6. The van der Waals surface area contributed by atoms with E-state index < -0.39 is 8.32 Å². The fourth-order valence-electron chi connectivity index (χ4n) is 6.34. The van der Waals surface area contributed by atoms with Crippen molar-refractivity contribution in [1.82, 2.24) is 0 Å². The molecule has 0 aromatic heterocycles. The van der Waals surface area contributed by atoms with E-state index in [1.165, 1.54) is 23.7 Å². The van der Waals surface area contributed by atoms with E-state index in [1.54, 1.807) is 0 Å². The number of rotatable bonds is 7. The van der Waals surface area contributed by atoms with Crippen molar-refractivity contribution in [2.75, 3.05) is 6.61 Å². The van der Waals surface area contributed by atoms with E-state index in [4.69, 9.17) is 9.16 Å². The minimum atomic E-state index is -2.57. The molecule has 0 radical (unpaired) electrons. The number of benzene rings is 2. The van der Waals surface area contributed by atoms with Crippen LogP contribution in [0, 0.1) is 11.3 Å². The topological polar surface area (TPSA) is 35.5 Å². The Morgan fingerprint density at radius 3 is 2.15 bits per heavy atom. The third-order valence-corrected chi connectivity index (χ3v) is 12.8. The molecule has 3 nitrogen and oxygen atoms in total. The highest BCUT2D eigenvalue weighted by molar-refractivity contribution is 6.99. The molecule has 0 N–H and O–H groups in total. The van der Waals surface area contributed by atoms with Crippen LogP contribution in [0.5, 0.6) is 0 Å². The second-order valence-electron chi connectivity index (χ2n) is 10.7. The zero-order valence-electron chi connectivity index (χ0n) is 20.6. The van der Waals surface area contributed by atoms with Gasteiger partial charge in [0, 0.05) is 18.9 Å². The average Bonchev–Trinajstić information content (AvgIpc) is 3.22. The Morgan fingerprint density at radius 2 is 1.61 bits per heavy atom. The van der Waals surface area contributed by atoms with Crippen molar-refractivity contribution in [3.05, 3.63) is 72.8 Å². The van der Waals surface area contributed by atoms with Crippen molar-refractivity contribution in [1.29, 1.82) is 0 Å². The van der Waals surface area contributed by atoms with Gasteiger partial charge in [-0.1, -0.05) is 93.6 Å². The van der Waals surface area contributed by atoms with Crippen molar-refractivity contribution in [2.45, 2.75) is 70.9 Å². The van der Waals surface area contributed by atoms with Gasteiger partial charge in [0.05, 0.1) is 0 Å². The van der Waals surface area contributed by atoms with E-state index in [0.717, 1.165) is 25.7 Å². The molecule has 2 aromatic rings. The molecule has 0 amide bonds. The van der Waals surface area contributed by atoms with Gasteiger partial charge in [0.1, 0.15) is 6.10 Å². The zero-order valence-corrected chi connectivity index (χ0v) is 21.6. The lowest BCUT2D eigenvalue weighted by Gasteiger charge is -2.47. The molecule has 0 heterocycles. The van der Waals surface area contributed by atoms with Crippen molar-refractivity contribution in [3.63, 3.8) is 0 Å². The minimum Gasteiger partial charge on any atom is -0.462 e. The van der Waals surface area contributed by atoms with Crippen LogP contribution in [0.25, 0.3) is 0 Å². The van der Waals surface area contributed by atoms with Gasteiger partial charge in [-0.2, -0.15) is 0 Å². The number of carbonyl (C=O) groups excluding carboxylic acids is 1. The van der Waals surface area contributed by atoms with Crippen LogP contribution in [0.15, 0.2) is 72.8 Å². The number of allylic oxidation sites excluding steroid dienone is 1. The van der Waals surface area contributed by atoms with Crippen molar-refractivity contribution < 1.29 is 14.0 Å². The molecule has 0 spiro atoms. The molecule has 2 aromatic carbocycles. The van der Waals surface area contributed by atoms with E-state index in [9.17, 15) is 4.79 Å². The van der Waals surface area contributed by atoms with Crippen LogP contribution in [-0.2, 0) is 14.0 Å². The second kappa shape index (κ2) is 9.59. The summed E-state index contributed by atoms with van der Waals surface area (Å²) in [5.41, 5.74) is -0.102. The largest absolute Gasteiger partial charge is 0.462 e. The smallest absolute Gasteiger partial charge is 0.302 e. The Balaban J connectivity index is 1.68. The highest BCUT2D eigenvalue weighted by atomic mass is 28.4. The van der Waals surface area contributed by atoms with Crippen LogP contribution in [-0.4, -0.2) is 27.0 Å². The second-order valence-corrected chi connectivity index (χ2v) is 15.0. The first-order chi connectivity index (χ1) is 15.8. The Labute approximate surface area is 200 Å².